The molecule has 0 bridgehead atoms. The predicted octanol–water partition coefficient (Wildman–Crippen LogP) is 4.96. The smallest absolute Gasteiger partial charge is 0.346 e. The fourth-order valence-electron chi connectivity index (χ4n) is 3.34. The molecular weight excluding hydrogens is 465 g/mol. The molecule has 0 fully saturated rings. The van der Waals surface area contributed by atoms with Crippen LogP contribution in [0.25, 0.3) is 11.3 Å². The van der Waals surface area contributed by atoms with Crippen LogP contribution in [-0.4, -0.2) is 39.3 Å². The number of aromatic nitrogens is 2. The highest BCUT2D eigenvalue weighted by molar-refractivity contribution is 8.00. The topological polar surface area (TPSA) is 76.0 Å². The Hall–Kier alpha value is -3.27. The lowest BCUT2D eigenvalue weighted by molar-refractivity contribution is -0.141. The Labute approximate surface area is 200 Å². The number of carbonyl (C=O) groups excluding carboxylic acids is 2. The molecule has 1 aromatic heterocycles. The van der Waals surface area contributed by atoms with E-state index in [0.717, 1.165) is 27.5 Å². The highest BCUT2D eigenvalue weighted by Gasteiger charge is 2.31. The minimum Gasteiger partial charge on any atom is -0.346 e. The molecule has 0 saturated heterocycles. The van der Waals surface area contributed by atoms with E-state index in [1.165, 1.54) is 6.20 Å². The molecule has 2 aromatic carbocycles. The molecule has 180 valence electrons. The van der Waals surface area contributed by atoms with Crippen molar-refractivity contribution in [2.45, 2.75) is 43.9 Å². The van der Waals surface area contributed by atoms with Crippen molar-refractivity contribution in [2.75, 3.05) is 11.9 Å². The van der Waals surface area contributed by atoms with Gasteiger partial charge in [0.2, 0.25) is 11.8 Å². The summed E-state index contributed by atoms with van der Waals surface area (Å²) in [4.78, 5) is 29.0. The number of imidazole rings is 1. The molecular formula is C24H25F3N4O2S. The molecule has 0 aliphatic rings. The Bertz CT molecular complexity index is 1140. The molecule has 0 aliphatic heterocycles. The number of hydrogen-bond acceptors (Lipinski definition) is 4. The van der Waals surface area contributed by atoms with Crippen molar-refractivity contribution >= 4 is 29.3 Å². The van der Waals surface area contributed by atoms with Gasteiger partial charge in [0.05, 0.1) is 23.7 Å². The summed E-state index contributed by atoms with van der Waals surface area (Å²) >= 11 is 0.903. The number of rotatable bonds is 8. The molecule has 3 aromatic rings. The number of benzene rings is 2. The van der Waals surface area contributed by atoms with Gasteiger partial charge in [-0.2, -0.15) is 13.2 Å². The second-order valence-corrected chi connectivity index (χ2v) is 9.09. The lowest BCUT2D eigenvalue weighted by Gasteiger charge is -2.16. The maximum atomic E-state index is 13.3. The Kier molecular flexibility index (Phi) is 8.03. The largest absolute Gasteiger partial charge is 0.406 e. The molecule has 0 radical (unpaired) electrons. The monoisotopic (exact) mass is 490 g/mol. The van der Waals surface area contributed by atoms with Gasteiger partial charge in [-0.25, -0.2) is 4.98 Å². The Morgan fingerprint density at radius 2 is 1.71 bits per heavy atom. The van der Waals surface area contributed by atoms with Crippen LogP contribution in [0.1, 0.15) is 18.1 Å². The van der Waals surface area contributed by atoms with E-state index in [0.29, 0.717) is 16.9 Å². The first-order valence-corrected chi connectivity index (χ1v) is 11.4. The zero-order valence-corrected chi connectivity index (χ0v) is 19.8. The number of amides is 2. The van der Waals surface area contributed by atoms with Crippen LogP contribution >= 0.6 is 11.8 Å². The number of alkyl halides is 3. The minimum absolute atomic E-state index is 0.0683. The summed E-state index contributed by atoms with van der Waals surface area (Å²) < 4.78 is 40.8. The summed E-state index contributed by atoms with van der Waals surface area (Å²) in [6, 6.07) is 14.2. The number of nitrogens with zero attached hydrogens (tertiary/aromatic N) is 2. The zero-order valence-electron chi connectivity index (χ0n) is 18.9. The molecule has 1 atom stereocenters. The molecule has 1 heterocycles. The zero-order chi connectivity index (χ0) is 24.9. The van der Waals surface area contributed by atoms with Gasteiger partial charge in [-0.3, -0.25) is 9.59 Å². The number of thioether (sulfide) groups is 1. The summed E-state index contributed by atoms with van der Waals surface area (Å²) in [6.07, 6.45) is -3.09. The third-order valence-electron chi connectivity index (χ3n) is 5.05. The van der Waals surface area contributed by atoms with Gasteiger partial charge < -0.3 is 15.2 Å². The number of nitrogens with one attached hydrogen (secondary N) is 2. The summed E-state index contributed by atoms with van der Waals surface area (Å²) in [6.45, 7) is 3.80. The first kappa shape index (κ1) is 25.4. The lowest BCUT2D eigenvalue weighted by Crippen LogP contribution is -2.37. The van der Waals surface area contributed by atoms with Crippen LogP contribution in [0.4, 0.5) is 18.9 Å². The van der Waals surface area contributed by atoms with Crippen LogP contribution in [0.5, 0.6) is 0 Å². The van der Waals surface area contributed by atoms with Gasteiger partial charge in [-0.1, -0.05) is 60.3 Å². The van der Waals surface area contributed by atoms with Crippen LogP contribution in [-0.2, 0) is 16.1 Å². The van der Waals surface area contributed by atoms with E-state index in [1.807, 2.05) is 32.0 Å². The van der Waals surface area contributed by atoms with Gasteiger partial charge in [0.15, 0.2) is 5.16 Å². The molecule has 6 nitrogen and oxygen atoms in total. The highest BCUT2D eigenvalue weighted by atomic mass is 32.2. The molecule has 1 unspecified atom stereocenters. The van der Waals surface area contributed by atoms with E-state index in [9.17, 15) is 22.8 Å². The molecule has 10 heteroatoms. The van der Waals surface area contributed by atoms with Crippen LogP contribution < -0.4 is 10.6 Å². The molecule has 34 heavy (non-hydrogen) atoms. The SMILES string of the molecule is Cc1cccc(C)c1NC(=O)CNC(=O)C(C)Sc1ncc(-c2ccccc2)n1CC(F)(F)F. The first-order chi connectivity index (χ1) is 16.0. The van der Waals surface area contributed by atoms with E-state index in [-0.39, 0.29) is 11.7 Å². The van der Waals surface area contributed by atoms with E-state index >= 15 is 0 Å². The Morgan fingerprint density at radius 1 is 1.06 bits per heavy atom. The van der Waals surface area contributed by atoms with E-state index in [2.05, 4.69) is 15.6 Å². The van der Waals surface area contributed by atoms with Crippen molar-refractivity contribution in [1.29, 1.82) is 0 Å². The molecule has 2 N–H and O–H groups in total. The summed E-state index contributed by atoms with van der Waals surface area (Å²) in [5, 5.41) is 4.61. The maximum absolute atomic E-state index is 13.3. The molecule has 0 spiro atoms. The summed E-state index contributed by atoms with van der Waals surface area (Å²) in [5.41, 5.74) is 3.38. The van der Waals surface area contributed by atoms with Gasteiger partial charge in [0.25, 0.3) is 0 Å². The van der Waals surface area contributed by atoms with Crippen molar-refractivity contribution in [3.63, 3.8) is 0 Å². The van der Waals surface area contributed by atoms with Crippen molar-refractivity contribution in [3.8, 4) is 11.3 Å². The predicted molar refractivity (Wildman–Crippen MR) is 127 cm³/mol. The van der Waals surface area contributed by atoms with E-state index in [4.69, 9.17) is 0 Å². The van der Waals surface area contributed by atoms with E-state index < -0.39 is 29.8 Å². The van der Waals surface area contributed by atoms with Gasteiger partial charge in [-0.15, -0.1) is 0 Å². The number of hydrogen-bond donors (Lipinski definition) is 2. The van der Waals surface area contributed by atoms with Crippen LogP contribution in [0.3, 0.4) is 0 Å². The fourth-order valence-corrected chi connectivity index (χ4v) is 4.25. The molecule has 0 aliphatic carbocycles. The fraction of sp³-hybridized carbons (Fsp3) is 0.292. The first-order valence-electron chi connectivity index (χ1n) is 10.5. The molecule has 2 amide bonds. The molecule has 0 saturated carbocycles. The number of carbonyl (C=O) groups is 2. The van der Waals surface area contributed by atoms with Crippen LogP contribution in [0.15, 0.2) is 59.9 Å². The van der Waals surface area contributed by atoms with Crippen molar-refractivity contribution < 1.29 is 22.8 Å². The number of aryl methyl sites for hydroxylation is 2. The average molecular weight is 491 g/mol. The number of para-hydroxylation sites is 1. The standard InChI is InChI=1S/C24H25F3N4O2S/c1-15-8-7-9-16(2)21(15)30-20(32)13-28-22(33)17(3)34-23-29-12-19(18-10-5-4-6-11-18)31(23)14-24(25,26)27/h4-12,17H,13-14H2,1-3H3,(H,28,33)(H,30,32). The highest BCUT2D eigenvalue weighted by Crippen LogP contribution is 2.31. The Morgan fingerprint density at radius 3 is 2.32 bits per heavy atom. The third kappa shape index (κ3) is 6.63. The summed E-state index contributed by atoms with van der Waals surface area (Å²) in [5.74, 6) is -0.877. The second-order valence-electron chi connectivity index (χ2n) is 7.79. The van der Waals surface area contributed by atoms with E-state index in [1.54, 1.807) is 37.3 Å². The quantitative estimate of drug-likeness (QED) is 0.438. The van der Waals surface area contributed by atoms with Gasteiger partial charge in [-0.05, 0) is 37.5 Å². The number of anilines is 1. The maximum Gasteiger partial charge on any atom is 0.406 e. The van der Waals surface area contributed by atoms with Crippen molar-refractivity contribution in [2.24, 2.45) is 0 Å². The van der Waals surface area contributed by atoms with Gasteiger partial charge in [0, 0.05) is 5.69 Å². The van der Waals surface area contributed by atoms with Crippen molar-refractivity contribution in [3.05, 3.63) is 65.9 Å². The molecule has 3 rings (SSSR count). The number of halogens is 3. The average Bonchev–Trinajstić information content (AvgIpc) is 3.15. The second kappa shape index (κ2) is 10.8. The lowest BCUT2D eigenvalue weighted by atomic mass is 10.1. The van der Waals surface area contributed by atoms with Crippen molar-refractivity contribution in [1.82, 2.24) is 14.9 Å². The minimum atomic E-state index is -4.46. The van der Waals surface area contributed by atoms with Crippen LogP contribution in [0.2, 0.25) is 0 Å². The van der Waals surface area contributed by atoms with Gasteiger partial charge >= 0.3 is 6.18 Å². The summed E-state index contributed by atoms with van der Waals surface area (Å²) in [7, 11) is 0. The van der Waals surface area contributed by atoms with Crippen LogP contribution in [0, 0.1) is 13.8 Å². The van der Waals surface area contributed by atoms with Gasteiger partial charge in [0.1, 0.15) is 6.54 Å². The Balaban J connectivity index is 1.66. The normalized spacial score (nSPS) is 12.3. The third-order valence-corrected chi connectivity index (χ3v) is 6.15.